The number of anilines is 1. The van der Waals surface area contributed by atoms with E-state index < -0.39 is 51.4 Å². The Balaban J connectivity index is 1.61. The molecule has 1 aromatic heterocycles. The lowest BCUT2D eigenvalue weighted by Gasteiger charge is -2.42. The van der Waals surface area contributed by atoms with Crippen molar-refractivity contribution in [2.75, 3.05) is 23.4 Å². The van der Waals surface area contributed by atoms with E-state index in [4.69, 9.17) is 16.3 Å². The fraction of sp³-hybridized carbons (Fsp3) is 0.458. The highest BCUT2D eigenvalue weighted by Crippen LogP contribution is 2.36. The Morgan fingerprint density at radius 1 is 1.33 bits per heavy atom. The Morgan fingerprint density at radius 2 is 2.00 bits per heavy atom. The van der Waals surface area contributed by atoms with Gasteiger partial charge in [0.05, 0.1) is 34.9 Å². The van der Waals surface area contributed by atoms with Gasteiger partial charge in [-0.05, 0) is 56.4 Å². The van der Waals surface area contributed by atoms with Crippen LogP contribution in [0.3, 0.4) is 0 Å². The minimum absolute atomic E-state index is 0.0209. The van der Waals surface area contributed by atoms with Gasteiger partial charge in [-0.15, -0.1) is 0 Å². The van der Waals surface area contributed by atoms with Crippen molar-refractivity contribution in [3.8, 4) is 0 Å². The molecule has 0 aliphatic carbocycles. The van der Waals surface area contributed by atoms with Gasteiger partial charge in [-0.1, -0.05) is 11.6 Å². The molecule has 3 aliphatic rings. The Bertz CT molecular complexity index is 1380. The number of nitrogens with one attached hydrogen (secondary N) is 2. The summed E-state index contributed by atoms with van der Waals surface area (Å²) in [5.41, 5.74) is -1.32. The largest absolute Gasteiger partial charge is 0.479 e. The van der Waals surface area contributed by atoms with Gasteiger partial charge in [0.15, 0.2) is 11.6 Å². The molecule has 0 radical (unpaired) electrons. The predicted octanol–water partition coefficient (Wildman–Crippen LogP) is 3.45. The van der Waals surface area contributed by atoms with Crippen LogP contribution in [0.1, 0.15) is 37.2 Å². The van der Waals surface area contributed by atoms with E-state index in [-0.39, 0.29) is 51.9 Å². The second kappa shape index (κ2) is 10.7. The van der Waals surface area contributed by atoms with Crippen LogP contribution in [0.4, 0.5) is 18.9 Å². The van der Waals surface area contributed by atoms with Crippen LogP contribution in [-0.4, -0.2) is 71.8 Å². The van der Waals surface area contributed by atoms with E-state index in [9.17, 15) is 36.3 Å². The second-order valence-corrected chi connectivity index (χ2v) is 12.2. The number of allylic oxidation sites excluding steroid dienone is 2. The molecule has 2 atom stereocenters. The number of rotatable bonds is 7. The van der Waals surface area contributed by atoms with Crippen molar-refractivity contribution in [3.63, 3.8) is 0 Å². The average molecular weight is 591 g/mol. The van der Waals surface area contributed by atoms with Crippen molar-refractivity contribution < 1.29 is 41.0 Å². The van der Waals surface area contributed by atoms with Gasteiger partial charge in [-0.3, -0.25) is 9.69 Å². The molecule has 0 bridgehead atoms. The number of ether oxygens (including phenoxy) is 1. The summed E-state index contributed by atoms with van der Waals surface area (Å²) in [5.74, 6) is -2.00. The van der Waals surface area contributed by atoms with Gasteiger partial charge >= 0.3 is 12.1 Å². The lowest BCUT2D eigenvalue weighted by molar-refractivity contribution is -0.129. The van der Waals surface area contributed by atoms with Crippen molar-refractivity contribution in [3.05, 3.63) is 57.9 Å². The van der Waals surface area contributed by atoms with E-state index in [0.717, 1.165) is 17.2 Å². The predicted molar refractivity (Wildman–Crippen MR) is 135 cm³/mol. The number of alkyl halides is 3. The quantitative estimate of drug-likeness (QED) is 0.408. The highest BCUT2D eigenvalue weighted by molar-refractivity contribution is 7.91. The van der Waals surface area contributed by atoms with Crippen LogP contribution in [0.2, 0.25) is 5.15 Å². The third-order valence-corrected chi connectivity index (χ3v) is 8.68. The number of hydrogen-bond acceptors (Lipinski definition) is 8. The third-order valence-electron chi connectivity index (χ3n) is 6.76. The molecule has 3 N–H and O–H groups in total. The third kappa shape index (κ3) is 6.32. The van der Waals surface area contributed by atoms with Crippen LogP contribution >= 0.6 is 11.6 Å². The minimum atomic E-state index is -4.76. The van der Waals surface area contributed by atoms with Crippen molar-refractivity contribution in [1.82, 2.24) is 15.2 Å². The molecule has 1 aromatic rings. The number of nitrogens with zero attached hydrogens (tertiary/aromatic N) is 2. The summed E-state index contributed by atoms with van der Waals surface area (Å²) >= 11 is 5.80. The SMILES string of the molecule is CC1=C(OCC2CCS(=O)(=O)CC2)NC2C([C@@H](C)Nc3ccc(Cl)nc3C(=O)O)=CC(C(F)(F)F)=CN2C1=O. The van der Waals surface area contributed by atoms with Crippen LogP contribution in [0.25, 0.3) is 0 Å². The average Bonchev–Trinajstić information content (AvgIpc) is 2.85. The molecular formula is C24H26ClF3N4O6S. The first kappa shape index (κ1) is 28.7. The van der Waals surface area contributed by atoms with E-state index in [1.54, 1.807) is 0 Å². The van der Waals surface area contributed by atoms with Crippen molar-refractivity contribution in [1.29, 1.82) is 0 Å². The summed E-state index contributed by atoms with van der Waals surface area (Å²) in [6.45, 7) is 3.07. The number of pyridine rings is 1. The van der Waals surface area contributed by atoms with Gasteiger partial charge in [0, 0.05) is 12.2 Å². The van der Waals surface area contributed by atoms with E-state index >= 15 is 0 Å². The Kier molecular flexibility index (Phi) is 7.90. The highest BCUT2D eigenvalue weighted by Gasteiger charge is 2.43. The summed E-state index contributed by atoms with van der Waals surface area (Å²) in [6.07, 6.45) is -3.42. The highest BCUT2D eigenvalue weighted by atomic mass is 35.5. The molecule has 1 fully saturated rings. The van der Waals surface area contributed by atoms with Crippen LogP contribution in [0.5, 0.6) is 0 Å². The maximum absolute atomic E-state index is 13.8. The summed E-state index contributed by atoms with van der Waals surface area (Å²) in [4.78, 5) is 29.5. The van der Waals surface area contributed by atoms with E-state index in [2.05, 4.69) is 15.6 Å². The van der Waals surface area contributed by atoms with E-state index in [1.165, 1.54) is 26.0 Å². The molecule has 4 rings (SSSR count). The molecule has 0 saturated carbocycles. The first-order valence-electron chi connectivity index (χ1n) is 12.0. The van der Waals surface area contributed by atoms with Gasteiger partial charge in [-0.25, -0.2) is 18.2 Å². The number of amides is 1. The standard InChI is InChI=1S/C24H26ClF3N4O6S/c1-12-21(38-11-14-5-7-39(36,37)8-6-14)31-20-16(9-15(24(26,27)28)10-32(20)22(12)33)13(2)29-17-3-4-18(25)30-19(17)23(34)35/h3-4,9-10,13-14,20,29,31H,5-8,11H2,1-2H3,(H,34,35)/t13-,20?/m1/s1. The number of halogens is 4. The van der Waals surface area contributed by atoms with E-state index in [1.807, 2.05) is 0 Å². The van der Waals surface area contributed by atoms with Gasteiger partial charge in [0.25, 0.3) is 5.91 Å². The molecule has 10 nitrogen and oxygen atoms in total. The van der Waals surface area contributed by atoms with Crippen molar-refractivity contribution in [2.45, 2.75) is 45.1 Å². The van der Waals surface area contributed by atoms with Crippen LogP contribution in [-0.2, 0) is 19.4 Å². The second-order valence-electron chi connectivity index (χ2n) is 9.55. The van der Waals surface area contributed by atoms with Crippen molar-refractivity contribution in [2.24, 2.45) is 5.92 Å². The fourth-order valence-corrected chi connectivity index (χ4v) is 6.27. The van der Waals surface area contributed by atoms with Crippen LogP contribution < -0.4 is 10.6 Å². The normalized spacial score (nSPS) is 22.4. The molecule has 1 amide bonds. The number of carboxylic acids is 1. The zero-order valence-electron chi connectivity index (χ0n) is 20.9. The Hall–Kier alpha value is -3.26. The number of hydrogen-bond donors (Lipinski definition) is 3. The number of aromatic carboxylic acids is 1. The molecule has 4 heterocycles. The molecule has 3 aliphatic heterocycles. The van der Waals surface area contributed by atoms with Gasteiger partial charge < -0.3 is 20.5 Å². The molecule has 39 heavy (non-hydrogen) atoms. The summed E-state index contributed by atoms with van der Waals surface area (Å²) in [6, 6.07) is 1.77. The maximum atomic E-state index is 13.8. The summed E-state index contributed by atoms with van der Waals surface area (Å²) in [5, 5.41) is 15.3. The lowest BCUT2D eigenvalue weighted by atomic mass is 9.95. The number of fused-ring (bicyclic) bond motifs is 1. The van der Waals surface area contributed by atoms with Crippen LogP contribution in [0, 0.1) is 5.92 Å². The summed E-state index contributed by atoms with van der Waals surface area (Å²) < 4.78 is 70.6. The van der Waals surface area contributed by atoms with Gasteiger partial charge in [-0.2, -0.15) is 13.2 Å². The molecule has 0 aromatic carbocycles. The first-order valence-corrected chi connectivity index (χ1v) is 14.2. The molecule has 15 heteroatoms. The molecule has 212 valence electrons. The van der Waals surface area contributed by atoms with Gasteiger partial charge in [0.1, 0.15) is 21.2 Å². The number of sulfone groups is 1. The molecule has 1 unspecified atom stereocenters. The zero-order chi connectivity index (χ0) is 28.7. The Labute approximate surface area is 227 Å². The van der Waals surface area contributed by atoms with Gasteiger partial charge in [0.2, 0.25) is 0 Å². The monoisotopic (exact) mass is 590 g/mol. The molecule has 0 spiro atoms. The Morgan fingerprint density at radius 3 is 2.62 bits per heavy atom. The number of carbonyl (C=O) groups excluding carboxylic acids is 1. The molecule has 1 saturated heterocycles. The molecular weight excluding hydrogens is 565 g/mol. The smallest absolute Gasteiger partial charge is 0.417 e. The number of carboxylic acid groups (broad SMARTS) is 1. The van der Waals surface area contributed by atoms with Crippen LogP contribution in [0.15, 0.2) is 47.0 Å². The zero-order valence-corrected chi connectivity index (χ0v) is 22.5. The number of aromatic nitrogens is 1. The number of carbonyl (C=O) groups is 2. The lowest BCUT2D eigenvalue weighted by Crippen LogP contribution is -2.55. The summed E-state index contributed by atoms with van der Waals surface area (Å²) in [7, 11) is -3.07. The maximum Gasteiger partial charge on any atom is 0.417 e. The minimum Gasteiger partial charge on any atom is -0.479 e. The first-order chi connectivity index (χ1) is 18.2. The van der Waals surface area contributed by atoms with Crippen molar-refractivity contribution >= 4 is 39.0 Å². The fourth-order valence-electron chi connectivity index (χ4n) is 4.54. The topological polar surface area (TPSA) is 138 Å². The van der Waals surface area contributed by atoms with E-state index in [0.29, 0.717) is 12.8 Å².